The maximum absolute atomic E-state index is 13.3. The first kappa shape index (κ1) is 20.2. The molecule has 4 rings (SSSR count). The van der Waals surface area contributed by atoms with E-state index >= 15 is 0 Å². The second-order valence-electron chi connectivity index (χ2n) is 7.00. The average Bonchev–Trinajstić information content (AvgIpc) is 3.17. The fourth-order valence-corrected chi connectivity index (χ4v) is 3.27. The third-order valence-electron chi connectivity index (χ3n) is 4.89. The summed E-state index contributed by atoms with van der Waals surface area (Å²) in [5, 5.41) is 18.9. The zero-order chi connectivity index (χ0) is 20.8. The van der Waals surface area contributed by atoms with Crippen LogP contribution >= 0.6 is 0 Å². The van der Waals surface area contributed by atoms with E-state index < -0.39 is 5.82 Å². The molecular formula is C20H24FN7O2. The van der Waals surface area contributed by atoms with Gasteiger partial charge in [-0.3, -0.25) is 9.69 Å². The zero-order valence-electron chi connectivity index (χ0n) is 16.6. The molecule has 2 aromatic heterocycles. The molecule has 9 nitrogen and oxygen atoms in total. The van der Waals surface area contributed by atoms with Crippen molar-refractivity contribution in [2.45, 2.75) is 6.42 Å². The molecule has 1 amide bonds. The lowest BCUT2D eigenvalue weighted by Gasteiger charge is -2.26. The van der Waals surface area contributed by atoms with Crippen LogP contribution < -0.4 is 10.6 Å². The number of morpholine rings is 1. The van der Waals surface area contributed by atoms with E-state index in [-0.39, 0.29) is 11.5 Å². The van der Waals surface area contributed by atoms with Crippen molar-refractivity contribution in [1.82, 2.24) is 30.0 Å². The lowest BCUT2D eigenvalue weighted by molar-refractivity contribution is 0.0398. The van der Waals surface area contributed by atoms with Gasteiger partial charge in [0.2, 0.25) is 0 Å². The number of hydrogen-bond acceptors (Lipinski definition) is 7. The lowest BCUT2D eigenvalue weighted by Crippen LogP contribution is -2.39. The number of halogens is 1. The van der Waals surface area contributed by atoms with Gasteiger partial charge in [-0.15, -0.1) is 15.3 Å². The van der Waals surface area contributed by atoms with Gasteiger partial charge in [-0.2, -0.15) is 4.52 Å². The van der Waals surface area contributed by atoms with E-state index in [2.05, 4.69) is 30.8 Å². The molecule has 1 aromatic carbocycles. The molecule has 1 aliphatic heterocycles. The molecule has 158 valence electrons. The maximum atomic E-state index is 13.3. The summed E-state index contributed by atoms with van der Waals surface area (Å²) in [4.78, 5) is 14.5. The Labute approximate surface area is 173 Å². The summed E-state index contributed by atoms with van der Waals surface area (Å²) < 4.78 is 20.3. The molecule has 0 atom stereocenters. The predicted octanol–water partition coefficient (Wildman–Crippen LogP) is 0.980. The minimum atomic E-state index is -0.441. The van der Waals surface area contributed by atoms with Crippen LogP contribution in [0, 0.1) is 5.82 Å². The van der Waals surface area contributed by atoms with Crippen LogP contribution in [-0.2, 0) is 11.2 Å². The van der Waals surface area contributed by atoms with Crippen LogP contribution in [-0.4, -0.2) is 76.6 Å². The number of benzene rings is 1. The first-order chi connectivity index (χ1) is 14.7. The number of anilines is 1. The third-order valence-corrected chi connectivity index (χ3v) is 4.89. The Morgan fingerprint density at radius 3 is 2.83 bits per heavy atom. The highest BCUT2D eigenvalue weighted by molar-refractivity contribution is 5.94. The second kappa shape index (κ2) is 9.59. The van der Waals surface area contributed by atoms with Gasteiger partial charge in [0, 0.05) is 44.7 Å². The maximum Gasteiger partial charge on any atom is 0.251 e. The topological polar surface area (TPSA) is 96.7 Å². The number of hydrogen-bond donors (Lipinski definition) is 2. The summed E-state index contributed by atoms with van der Waals surface area (Å²) >= 11 is 0. The average molecular weight is 413 g/mol. The molecule has 0 radical (unpaired) electrons. The fourth-order valence-electron chi connectivity index (χ4n) is 3.27. The summed E-state index contributed by atoms with van der Waals surface area (Å²) in [6, 6.07) is 9.31. The molecule has 1 aliphatic rings. The Kier molecular flexibility index (Phi) is 6.45. The summed E-state index contributed by atoms with van der Waals surface area (Å²) in [5.41, 5.74) is 0.922. The van der Waals surface area contributed by atoms with Crippen molar-refractivity contribution in [3.63, 3.8) is 0 Å². The van der Waals surface area contributed by atoms with E-state index in [0.717, 1.165) is 45.2 Å². The number of carbonyl (C=O) groups excluding carboxylic acids is 1. The third kappa shape index (κ3) is 5.08. The molecule has 0 unspecified atom stereocenters. The highest BCUT2D eigenvalue weighted by Crippen LogP contribution is 2.08. The van der Waals surface area contributed by atoms with E-state index in [4.69, 9.17) is 4.74 Å². The van der Waals surface area contributed by atoms with Crippen LogP contribution in [0.15, 0.2) is 36.4 Å². The number of rotatable bonds is 8. The summed E-state index contributed by atoms with van der Waals surface area (Å²) in [5.74, 6) is 0.604. The molecule has 0 bridgehead atoms. The van der Waals surface area contributed by atoms with Gasteiger partial charge in [-0.1, -0.05) is 6.07 Å². The normalized spacial score (nSPS) is 14.7. The SMILES string of the molecule is O=C(NCCc1nnc2ccc(NCCN3CCOCC3)nn12)c1cccc(F)c1. The zero-order valence-corrected chi connectivity index (χ0v) is 16.6. The van der Waals surface area contributed by atoms with E-state index in [1.165, 1.54) is 18.2 Å². The van der Waals surface area contributed by atoms with Crippen LogP contribution in [0.3, 0.4) is 0 Å². The van der Waals surface area contributed by atoms with Crippen molar-refractivity contribution >= 4 is 17.4 Å². The van der Waals surface area contributed by atoms with Crippen molar-refractivity contribution in [2.24, 2.45) is 0 Å². The summed E-state index contributed by atoms with van der Waals surface area (Å²) in [6.45, 7) is 5.50. The van der Waals surface area contributed by atoms with Crippen molar-refractivity contribution < 1.29 is 13.9 Å². The number of nitrogens with one attached hydrogen (secondary N) is 2. The molecule has 1 fully saturated rings. The monoisotopic (exact) mass is 413 g/mol. The number of ether oxygens (including phenoxy) is 1. The molecule has 0 aliphatic carbocycles. The minimum Gasteiger partial charge on any atom is -0.379 e. The van der Waals surface area contributed by atoms with Crippen molar-refractivity contribution in [1.29, 1.82) is 0 Å². The minimum absolute atomic E-state index is 0.283. The summed E-state index contributed by atoms with van der Waals surface area (Å²) in [7, 11) is 0. The standard InChI is InChI=1S/C20H24FN7O2/c21-16-3-1-2-15(14-16)20(29)23-7-6-19-25-24-18-5-4-17(26-28(18)19)22-8-9-27-10-12-30-13-11-27/h1-5,14H,6-13H2,(H,22,26)(H,23,29). The Morgan fingerprint density at radius 2 is 2.00 bits per heavy atom. The Hall–Kier alpha value is -3.11. The first-order valence-electron chi connectivity index (χ1n) is 9.98. The van der Waals surface area contributed by atoms with Crippen LogP contribution in [0.4, 0.5) is 10.2 Å². The molecular weight excluding hydrogens is 389 g/mol. The molecule has 0 spiro atoms. The van der Waals surface area contributed by atoms with Gasteiger partial charge in [0.1, 0.15) is 11.6 Å². The number of nitrogens with zero attached hydrogens (tertiary/aromatic N) is 5. The van der Waals surface area contributed by atoms with Crippen LogP contribution in [0.5, 0.6) is 0 Å². The van der Waals surface area contributed by atoms with Crippen LogP contribution in [0.1, 0.15) is 16.2 Å². The first-order valence-corrected chi connectivity index (χ1v) is 9.98. The highest BCUT2D eigenvalue weighted by atomic mass is 19.1. The van der Waals surface area contributed by atoms with E-state index in [1.54, 1.807) is 10.6 Å². The highest BCUT2D eigenvalue weighted by Gasteiger charge is 2.11. The molecule has 10 heteroatoms. The molecule has 2 N–H and O–H groups in total. The van der Waals surface area contributed by atoms with E-state index in [0.29, 0.717) is 24.4 Å². The smallest absolute Gasteiger partial charge is 0.251 e. The number of amides is 1. The molecule has 3 heterocycles. The van der Waals surface area contributed by atoms with Gasteiger partial charge in [0.15, 0.2) is 11.5 Å². The van der Waals surface area contributed by atoms with Gasteiger partial charge < -0.3 is 15.4 Å². The number of fused-ring (bicyclic) bond motifs is 1. The molecule has 3 aromatic rings. The Morgan fingerprint density at radius 1 is 1.13 bits per heavy atom. The lowest BCUT2D eigenvalue weighted by atomic mass is 10.2. The summed E-state index contributed by atoms with van der Waals surface area (Å²) in [6.07, 6.45) is 0.451. The van der Waals surface area contributed by atoms with Gasteiger partial charge in [-0.25, -0.2) is 4.39 Å². The van der Waals surface area contributed by atoms with E-state index in [1.807, 2.05) is 12.1 Å². The quantitative estimate of drug-likeness (QED) is 0.568. The van der Waals surface area contributed by atoms with Gasteiger partial charge in [0.25, 0.3) is 5.91 Å². The molecule has 30 heavy (non-hydrogen) atoms. The van der Waals surface area contributed by atoms with Gasteiger partial charge in [-0.05, 0) is 30.3 Å². The van der Waals surface area contributed by atoms with Crippen molar-refractivity contribution in [3.05, 3.63) is 53.6 Å². The van der Waals surface area contributed by atoms with Gasteiger partial charge >= 0.3 is 0 Å². The molecule has 0 saturated carbocycles. The number of carbonyl (C=O) groups is 1. The van der Waals surface area contributed by atoms with Gasteiger partial charge in [0.05, 0.1) is 13.2 Å². The largest absolute Gasteiger partial charge is 0.379 e. The fraction of sp³-hybridized carbons (Fsp3) is 0.400. The van der Waals surface area contributed by atoms with Crippen LogP contribution in [0.2, 0.25) is 0 Å². The molecule has 1 saturated heterocycles. The Bertz CT molecular complexity index is 1000. The van der Waals surface area contributed by atoms with Crippen molar-refractivity contribution in [2.75, 3.05) is 51.3 Å². The van der Waals surface area contributed by atoms with Crippen LogP contribution in [0.25, 0.3) is 5.65 Å². The second-order valence-corrected chi connectivity index (χ2v) is 7.00. The van der Waals surface area contributed by atoms with Crippen molar-refractivity contribution in [3.8, 4) is 0 Å². The van der Waals surface area contributed by atoms with E-state index in [9.17, 15) is 9.18 Å². The number of aromatic nitrogens is 4. The Balaban J connectivity index is 1.31. The predicted molar refractivity (Wildman–Crippen MR) is 109 cm³/mol.